The van der Waals surface area contributed by atoms with Crippen molar-refractivity contribution in [1.29, 1.82) is 0 Å². The summed E-state index contributed by atoms with van der Waals surface area (Å²) in [4.78, 5) is 13.9. The molecule has 0 bridgehead atoms. The van der Waals surface area contributed by atoms with E-state index in [0.717, 1.165) is 11.3 Å². The Bertz CT molecular complexity index is 906. The fraction of sp³-hybridized carbons (Fsp3) is 0.350. The molecule has 0 N–H and O–H groups in total. The van der Waals surface area contributed by atoms with Crippen molar-refractivity contribution in [3.63, 3.8) is 0 Å². The number of benzene rings is 2. The van der Waals surface area contributed by atoms with Crippen LogP contribution in [0.4, 0.5) is 5.69 Å². The molecule has 27 heavy (non-hydrogen) atoms. The standard InChI is InChI=1S/C20H26N2O4S/c1-6-22(14-16-8-11-18(12-9-16)21(3)4)27(24,25)19-13-17(20(23)26-5)10-7-15(19)2/h7-13H,6,14H2,1-5H3. The Morgan fingerprint density at radius 2 is 1.70 bits per heavy atom. The van der Waals surface area contributed by atoms with Gasteiger partial charge in [0.2, 0.25) is 10.0 Å². The molecule has 0 aromatic heterocycles. The van der Waals surface area contributed by atoms with Gasteiger partial charge in [0.25, 0.3) is 0 Å². The third kappa shape index (κ3) is 4.67. The minimum atomic E-state index is -3.76. The van der Waals surface area contributed by atoms with Crippen LogP contribution in [-0.4, -0.2) is 46.4 Å². The number of anilines is 1. The highest BCUT2D eigenvalue weighted by molar-refractivity contribution is 7.89. The number of sulfonamides is 1. The van der Waals surface area contributed by atoms with Gasteiger partial charge < -0.3 is 9.64 Å². The molecular weight excluding hydrogens is 364 g/mol. The highest BCUT2D eigenvalue weighted by atomic mass is 32.2. The van der Waals surface area contributed by atoms with Gasteiger partial charge in [0.15, 0.2) is 0 Å². The molecule has 0 amide bonds. The van der Waals surface area contributed by atoms with Gasteiger partial charge in [0.1, 0.15) is 0 Å². The number of ether oxygens (including phenoxy) is 1. The van der Waals surface area contributed by atoms with Crippen LogP contribution in [-0.2, 0) is 21.3 Å². The van der Waals surface area contributed by atoms with Crippen molar-refractivity contribution in [2.75, 3.05) is 32.6 Å². The Hall–Kier alpha value is -2.38. The first-order valence-corrected chi connectivity index (χ1v) is 10.1. The third-order valence-electron chi connectivity index (χ3n) is 4.39. The van der Waals surface area contributed by atoms with E-state index in [1.807, 2.05) is 43.3 Å². The Morgan fingerprint density at radius 1 is 1.07 bits per heavy atom. The molecule has 146 valence electrons. The molecule has 0 radical (unpaired) electrons. The fourth-order valence-electron chi connectivity index (χ4n) is 2.73. The first-order valence-electron chi connectivity index (χ1n) is 8.66. The van der Waals surface area contributed by atoms with Crippen LogP contribution in [0.2, 0.25) is 0 Å². The highest BCUT2D eigenvalue weighted by Crippen LogP contribution is 2.24. The van der Waals surface area contributed by atoms with Crippen molar-refractivity contribution >= 4 is 21.7 Å². The van der Waals surface area contributed by atoms with Crippen molar-refractivity contribution in [2.24, 2.45) is 0 Å². The van der Waals surface area contributed by atoms with E-state index in [4.69, 9.17) is 4.74 Å². The van der Waals surface area contributed by atoms with Gasteiger partial charge in [-0.3, -0.25) is 0 Å². The Morgan fingerprint density at radius 3 is 2.22 bits per heavy atom. The van der Waals surface area contributed by atoms with Crippen molar-refractivity contribution in [3.8, 4) is 0 Å². The van der Waals surface area contributed by atoms with Gasteiger partial charge >= 0.3 is 5.97 Å². The van der Waals surface area contributed by atoms with E-state index in [1.54, 1.807) is 26.0 Å². The number of aryl methyl sites for hydroxylation is 1. The number of rotatable bonds is 7. The van der Waals surface area contributed by atoms with Crippen LogP contribution in [0.25, 0.3) is 0 Å². The second kappa shape index (κ2) is 8.54. The summed E-state index contributed by atoms with van der Waals surface area (Å²) in [5.41, 5.74) is 2.75. The quantitative estimate of drug-likeness (QED) is 0.680. The monoisotopic (exact) mass is 390 g/mol. The molecule has 0 unspecified atom stereocenters. The average molecular weight is 391 g/mol. The summed E-state index contributed by atoms with van der Waals surface area (Å²) in [5, 5.41) is 0. The molecule has 2 aromatic carbocycles. The van der Waals surface area contributed by atoms with Gasteiger partial charge in [-0.15, -0.1) is 0 Å². The molecule has 6 nitrogen and oxygen atoms in total. The van der Waals surface area contributed by atoms with Crippen molar-refractivity contribution in [1.82, 2.24) is 4.31 Å². The summed E-state index contributed by atoms with van der Waals surface area (Å²) >= 11 is 0. The molecule has 0 aliphatic heterocycles. The summed E-state index contributed by atoms with van der Waals surface area (Å²) in [6.07, 6.45) is 0. The molecule has 0 saturated heterocycles. The van der Waals surface area contributed by atoms with Crippen LogP contribution in [0.5, 0.6) is 0 Å². The highest BCUT2D eigenvalue weighted by Gasteiger charge is 2.26. The number of methoxy groups -OCH3 is 1. The van der Waals surface area contributed by atoms with Crippen molar-refractivity contribution in [3.05, 3.63) is 59.2 Å². The van der Waals surface area contributed by atoms with Crippen LogP contribution in [0.1, 0.15) is 28.4 Å². The topological polar surface area (TPSA) is 66.9 Å². The maximum Gasteiger partial charge on any atom is 0.337 e. The smallest absolute Gasteiger partial charge is 0.337 e. The van der Waals surface area contributed by atoms with E-state index in [-0.39, 0.29) is 17.0 Å². The normalized spacial score (nSPS) is 11.5. The Kier molecular flexibility index (Phi) is 6.62. The molecule has 0 aliphatic carbocycles. The van der Waals surface area contributed by atoms with Gasteiger partial charge in [-0.2, -0.15) is 4.31 Å². The lowest BCUT2D eigenvalue weighted by Gasteiger charge is -2.22. The third-order valence-corrected chi connectivity index (χ3v) is 6.45. The van der Waals surface area contributed by atoms with Crippen molar-refractivity contribution in [2.45, 2.75) is 25.3 Å². The van der Waals surface area contributed by atoms with Gasteiger partial charge in [-0.25, -0.2) is 13.2 Å². The summed E-state index contributed by atoms with van der Waals surface area (Å²) in [5.74, 6) is -0.561. The zero-order valence-corrected chi connectivity index (χ0v) is 17.2. The SMILES string of the molecule is CCN(Cc1ccc(N(C)C)cc1)S(=O)(=O)c1cc(C(=O)OC)ccc1C. The predicted molar refractivity (Wildman–Crippen MR) is 107 cm³/mol. The molecule has 2 rings (SSSR count). The molecule has 0 saturated carbocycles. The first-order chi connectivity index (χ1) is 12.7. The number of hydrogen-bond acceptors (Lipinski definition) is 5. The number of carbonyl (C=O) groups excluding carboxylic acids is 1. The van der Waals surface area contributed by atoms with E-state index in [9.17, 15) is 13.2 Å². The molecule has 0 atom stereocenters. The van der Waals surface area contributed by atoms with Gasteiger partial charge in [-0.1, -0.05) is 25.1 Å². The molecule has 0 spiro atoms. The summed E-state index contributed by atoms with van der Waals surface area (Å²) in [6, 6.07) is 12.3. The maximum atomic E-state index is 13.2. The van der Waals surface area contributed by atoms with E-state index in [1.165, 1.54) is 17.5 Å². The van der Waals surface area contributed by atoms with E-state index in [2.05, 4.69) is 0 Å². The number of esters is 1. The molecule has 0 aliphatic rings. The van der Waals surface area contributed by atoms with Crippen LogP contribution in [0, 0.1) is 6.92 Å². The minimum absolute atomic E-state index is 0.122. The van der Waals surface area contributed by atoms with Crippen LogP contribution in [0.15, 0.2) is 47.4 Å². The van der Waals surface area contributed by atoms with Gasteiger partial charge in [0, 0.05) is 32.9 Å². The van der Waals surface area contributed by atoms with Gasteiger partial charge in [-0.05, 0) is 42.3 Å². The van der Waals surface area contributed by atoms with E-state index >= 15 is 0 Å². The predicted octanol–water partition coefficient (Wildman–Crippen LogP) is 3.06. The van der Waals surface area contributed by atoms with Crippen LogP contribution < -0.4 is 4.90 Å². The number of nitrogens with zero attached hydrogens (tertiary/aromatic N) is 2. The largest absolute Gasteiger partial charge is 0.465 e. The first kappa shape index (κ1) is 20.9. The Labute approximate surface area is 161 Å². The van der Waals surface area contributed by atoms with Crippen molar-refractivity contribution < 1.29 is 17.9 Å². The lowest BCUT2D eigenvalue weighted by molar-refractivity contribution is 0.0600. The molecule has 2 aromatic rings. The van der Waals surface area contributed by atoms with E-state index in [0.29, 0.717) is 12.1 Å². The zero-order valence-electron chi connectivity index (χ0n) is 16.4. The number of hydrogen-bond donors (Lipinski definition) is 0. The fourth-order valence-corrected chi connectivity index (χ4v) is 4.42. The Balaban J connectivity index is 2.36. The molecule has 7 heteroatoms. The molecule has 0 fully saturated rings. The average Bonchev–Trinajstić information content (AvgIpc) is 2.65. The molecular formula is C20H26N2O4S. The molecule has 0 heterocycles. The van der Waals surface area contributed by atoms with E-state index < -0.39 is 16.0 Å². The summed E-state index contributed by atoms with van der Waals surface area (Å²) < 4.78 is 32.5. The lowest BCUT2D eigenvalue weighted by Crippen LogP contribution is -2.31. The minimum Gasteiger partial charge on any atom is -0.465 e. The zero-order chi connectivity index (χ0) is 20.2. The maximum absolute atomic E-state index is 13.2. The summed E-state index contributed by atoms with van der Waals surface area (Å²) in [6.45, 7) is 4.09. The van der Waals surface area contributed by atoms with Crippen LogP contribution >= 0.6 is 0 Å². The number of carbonyl (C=O) groups is 1. The second-order valence-electron chi connectivity index (χ2n) is 6.46. The lowest BCUT2D eigenvalue weighted by atomic mass is 10.1. The van der Waals surface area contributed by atoms with Gasteiger partial charge in [0.05, 0.1) is 17.6 Å². The second-order valence-corrected chi connectivity index (χ2v) is 8.37. The van der Waals surface area contributed by atoms with Crippen LogP contribution in [0.3, 0.4) is 0 Å². The summed E-state index contributed by atoms with van der Waals surface area (Å²) in [7, 11) is 1.42.